The van der Waals surface area contributed by atoms with E-state index in [1.807, 2.05) is 19.1 Å². The van der Waals surface area contributed by atoms with Gasteiger partial charge in [-0.15, -0.1) is 0 Å². The van der Waals surface area contributed by atoms with Crippen molar-refractivity contribution in [1.29, 1.82) is 0 Å². The highest BCUT2D eigenvalue weighted by Crippen LogP contribution is 2.38. The van der Waals surface area contributed by atoms with Gasteiger partial charge in [0.2, 0.25) is 5.91 Å². The van der Waals surface area contributed by atoms with Crippen LogP contribution >= 0.6 is 0 Å². The lowest BCUT2D eigenvalue weighted by Crippen LogP contribution is -2.53. The zero-order valence-corrected chi connectivity index (χ0v) is 11.1. The Morgan fingerprint density at radius 3 is 2.94 bits per heavy atom. The van der Waals surface area contributed by atoms with Crippen molar-refractivity contribution < 1.29 is 4.79 Å². The molecule has 4 heteroatoms. The molecule has 2 rings (SSSR count). The molecule has 1 heterocycles. The van der Waals surface area contributed by atoms with E-state index in [9.17, 15) is 4.79 Å². The van der Waals surface area contributed by atoms with Crippen molar-refractivity contribution in [2.45, 2.75) is 45.2 Å². The van der Waals surface area contributed by atoms with E-state index in [1.54, 1.807) is 6.20 Å². The van der Waals surface area contributed by atoms with Crippen LogP contribution in [0.5, 0.6) is 0 Å². The zero-order valence-electron chi connectivity index (χ0n) is 11.1. The minimum atomic E-state index is -0.735. The van der Waals surface area contributed by atoms with Crippen molar-refractivity contribution in [2.24, 2.45) is 11.7 Å². The molecule has 0 aromatic carbocycles. The molecule has 3 N–H and O–H groups in total. The van der Waals surface area contributed by atoms with E-state index in [0.29, 0.717) is 12.5 Å². The zero-order chi connectivity index (χ0) is 13.2. The Morgan fingerprint density at radius 1 is 1.61 bits per heavy atom. The molecule has 1 aromatic heterocycles. The van der Waals surface area contributed by atoms with Crippen LogP contribution in [0.3, 0.4) is 0 Å². The number of amides is 1. The maximum atomic E-state index is 12.1. The van der Waals surface area contributed by atoms with Crippen LogP contribution in [0.1, 0.15) is 37.9 Å². The quantitative estimate of drug-likeness (QED) is 0.826. The van der Waals surface area contributed by atoms with Crippen molar-refractivity contribution >= 4 is 5.91 Å². The molecule has 1 atom stereocenters. The Labute approximate surface area is 108 Å². The second-order valence-corrected chi connectivity index (χ2v) is 5.20. The second kappa shape index (κ2) is 5.06. The molecule has 0 aliphatic heterocycles. The molecule has 1 aromatic rings. The van der Waals surface area contributed by atoms with E-state index in [1.165, 1.54) is 5.56 Å². The van der Waals surface area contributed by atoms with Crippen molar-refractivity contribution in [2.75, 3.05) is 0 Å². The van der Waals surface area contributed by atoms with Crippen LogP contribution in [-0.2, 0) is 17.8 Å². The summed E-state index contributed by atoms with van der Waals surface area (Å²) in [6.07, 6.45) is 4.79. The predicted molar refractivity (Wildman–Crippen MR) is 70.8 cm³/mol. The van der Waals surface area contributed by atoms with E-state index >= 15 is 0 Å². The van der Waals surface area contributed by atoms with Crippen molar-refractivity contribution in [3.8, 4) is 0 Å². The SMILES string of the molecule is CCc1cccnc1CNC(=O)C(C)(N)C1CC1. The van der Waals surface area contributed by atoms with Gasteiger partial charge in [-0.2, -0.15) is 0 Å². The highest BCUT2D eigenvalue weighted by Gasteiger charge is 2.43. The van der Waals surface area contributed by atoms with E-state index < -0.39 is 5.54 Å². The summed E-state index contributed by atoms with van der Waals surface area (Å²) in [7, 11) is 0. The summed E-state index contributed by atoms with van der Waals surface area (Å²) in [5.74, 6) is 0.268. The fraction of sp³-hybridized carbons (Fsp3) is 0.571. The Hall–Kier alpha value is -1.42. The van der Waals surface area contributed by atoms with Crippen LogP contribution in [0.2, 0.25) is 0 Å². The van der Waals surface area contributed by atoms with Gasteiger partial charge in [0.05, 0.1) is 17.8 Å². The lowest BCUT2D eigenvalue weighted by atomic mass is 9.96. The second-order valence-electron chi connectivity index (χ2n) is 5.20. The summed E-state index contributed by atoms with van der Waals surface area (Å²) < 4.78 is 0. The van der Waals surface area contributed by atoms with Crippen LogP contribution in [0.4, 0.5) is 0 Å². The predicted octanol–water partition coefficient (Wildman–Crippen LogP) is 1.39. The first-order chi connectivity index (χ1) is 8.55. The van der Waals surface area contributed by atoms with Gasteiger partial charge in [-0.05, 0) is 43.7 Å². The van der Waals surface area contributed by atoms with Gasteiger partial charge in [-0.3, -0.25) is 9.78 Å². The van der Waals surface area contributed by atoms with E-state index in [4.69, 9.17) is 5.73 Å². The highest BCUT2D eigenvalue weighted by molar-refractivity contribution is 5.86. The summed E-state index contributed by atoms with van der Waals surface area (Å²) in [5.41, 5.74) is 7.43. The number of aryl methyl sites for hydroxylation is 1. The lowest BCUT2D eigenvalue weighted by molar-refractivity contribution is -0.126. The lowest BCUT2D eigenvalue weighted by Gasteiger charge is -2.23. The molecular formula is C14H21N3O. The molecule has 1 aliphatic carbocycles. The molecule has 0 radical (unpaired) electrons. The molecule has 4 nitrogen and oxygen atoms in total. The van der Waals surface area contributed by atoms with Gasteiger partial charge in [0.1, 0.15) is 0 Å². The van der Waals surface area contributed by atoms with Crippen LogP contribution in [-0.4, -0.2) is 16.4 Å². The number of hydrogen-bond acceptors (Lipinski definition) is 3. The topological polar surface area (TPSA) is 68.0 Å². The molecule has 18 heavy (non-hydrogen) atoms. The first kappa shape index (κ1) is 13.0. The van der Waals surface area contributed by atoms with Gasteiger partial charge in [0, 0.05) is 6.20 Å². The standard InChI is InChI=1S/C14H21N3O/c1-3-10-5-4-8-16-12(10)9-17-13(18)14(2,15)11-6-7-11/h4-5,8,11H,3,6-7,9,15H2,1-2H3,(H,17,18). The summed E-state index contributed by atoms with van der Waals surface area (Å²) in [4.78, 5) is 16.4. The molecule has 0 bridgehead atoms. The number of nitrogens with one attached hydrogen (secondary N) is 1. The Bertz CT molecular complexity index is 438. The summed E-state index contributed by atoms with van der Waals surface area (Å²) in [6.45, 7) is 4.36. The maximum absolute atomic E-state index is 12.1. The van der Waals surface area contributed by atoms with E-state index in [2.05, 4.69) is 17.2 Å². The van der Waals surface area contributed by atoms with Gasteiger partial charge >= 0.3 is 0 Å². The van der Waals surface area contributed by atoms with Crippen LogP contribution < -0.4 is 11.1 Å². The molecule has 0 saturated heterocycles. The van der Waals surface area contributed by atoms with Crippen molar-refractivity contribution in [1.82, 2.24) is 10.3 Å². The fourth-order valence-electron chi connectivity index (χ4n) is 2.18. The van der Waals surface area contributed by atoms with Crippen LogP contribution in [0.15, 0.2) is 18.3 Å². The largest absolute Gasteiger partial charge is 0.349 e. The minimum Gasteiger partial charge on any atom is -0.349 e. The molecular weight excluding hydrogens is 226 g/mol. The molecule has 1 unspecified atom stereocenters. The van der Waals surface area contributed by atoms with Gasteiger partial charge < -0.3 is 11.1 Å². The molecule has 1 fully saturated rings. The summed E-state index contributed by atoms with van der Waals surface area (Å²) in [6, 6.07) is 3.96. The first-order valence-electron chi connectivity index (χ1n) is 6.55. The average Bonchev–Trinajstić information content (AvgIpc) is 3.20. The molecule has 98 valence electrons. The Morgan fingerprint density at radius 2 is 2.33 bits per heavy atom. The highest BCUT2D eigenvalue weighted by atomic mass is 16.2. The number of aromatic nitrogens is 1. The summed E-state index contributed by atoms with van der Waals surface area (Å²) >= 11 is 0. The third-order valence-electron chi connectivity index (χ3n) is 3.70. The normalized spacial score (nSPS) is 18.2. The van der Waals surface area contributed by atoms with E-state index in [-0.39, 0.29) is 5.91 Å². The van der Waals surface area contributed by atoms with E-state index in [0.717, 1.165) is 25.0 Å². The first-order valence-corrected chi connectivity index (χ1v) is 6.55. The average molecular weight is 247 g/mol. The van der Waals surface area contributed by atoms with Crippen molar-refractivity contribution in [3.05, 3.63) is 29.6 Å². The van der Waals surface area contributed by atoms with Crippen LogP contribution in [0.25, 0.3) is 0 Å². The van der Waals surface area contributed by atoms with Crippen LogP contribution in [0, 0.1) is 5.92 Å². The number of rotatable bonds is 5. The maximum Gasteiger partial charge on any atom is 0.240 e. The Balaban J connectivity index is 1.97. The smallest absolute Gasteiger partial charge is 0.240 e. The Kier molecular flexibility index (Phi) is 3.66. The third kappa shape index (κ3) is 2.70. The monoisotopic (exact) mass is 247 g/mol. The molecule has 1 amide bonds. The molecule has 1 saturated carbocycles. The number of carbonyl (C=O) groups is 1. The third-order valence-corrected chi connectivity index (χ3v) is 3.70. The van der Waals surface area contributed by atoms with Gasteiger partial charge in [0.25, 0.3) is 0 Å². The number of hydrogen-bond donors (Lipinski definition) is 2. The fourth-order valence-corrected chi connectivity index (χ4v) is 2.18. The molecule has 1 aliphatic rings. The van der Waals surface area contributed by atoms with Gasteiger partial charge in [-0.25, -0.2) is 0 Å². The number of pyridine rings is 1. The minimum absolute atomic E-state index is 0.0716. The van der Waals surface area contributed by atoms with Gasteiger partial charge in [0.15, 0.2) is 0 Å². The number of nitrogens with two attached hydrogens (primary N) is 1. The van der Waals surface area contributed by atoms with Crippen molar-refractivity contribution in [3.63, 3.8) is 0 Å². The number of carbonyl (C=O) groups excluding carboxylic acids is 1. The van der Waals surface area contributed by atoms with Gasteiger partial charge in [-0.1, -0.05) is 13.0 Å². The molecule has 0 spiro atoms. The number of nitrogens with zero attached hydrogens (tertiary/aromatic N) is 1. The summed E-state index contributed by atoms with van der Waals surface area (Å²) in [5, 5.41) is 2.91.